The molecule has 0 spiro atoms. The summed E-state index contributed by atoms with van der Waals surface area (Å²) in [7, 11) is -3.89. The number of nitrogens with zero attached hydrogens (tertiary/aromatic N) is 1. The molecule has 0 unspecified atom stereocenters. The van der Waals surface area contributed by atoms with Gasteiger partial charge in [-0.2, -0.15) is 5.10 Å². The summed E-state index contributed by atoms with van der Waals surface area (Å²) in [5.41, 5.74) is 0.704. The number of anilines is 2. The van der Waals surface area contributed by atoms with E-state index in [9.17, 15) is 12.8 Å². The lowest BCUT2D eigenvalue weighted by molar-refractivity contribution is 0.598. The molecule has 8 heteroatoms. The Labute approximate surface area is 122 Å². The minimum Gasteiger partial charge on any atom is -0.383 e. The van der Waals surface area contributed by atoms with Crippen molar-refractivity contribution in [2.75, 3.05) is 16.6 Å². The van der Waals surface area contributed by atoms with Crippen LogP contribution in [0.1, 0.15) is 19.0 Å². The first-order valence-electron chi connectivity index (χ1n) is 6.51. The number of sulfonamides is 1. The van der Waals surface area contributed by atoms with Crippen molar-refractivity contribution >= 4 is 21.4 Å². The van der Waals surface area contributed by atoms with Crippen LogP contribution in [0.25, 0.3) is 0 Å². The molecule has 0 bridgehead atoms. The van der Waals surface area contributed by atoms with Crippen LogP contribution in [0.5, 0.6) is 0 Å². The Morgan fingerprint density at radius 3 is 2.76 bits per heavy atom. The summed E-state index contributed by atoms with van der Waals surface area (Å²) in [6, 6.07) is 4.35. The molecule has 114 valence electrons. The number of aryl methyl sites for hydroxylation is 1. The molecular formula is C13H17FN4O2S. The fourth-order valence-corrected chi connectivity index (χ4v) is 3.06. The molecule has 0 aliphatic rings. The number of benzene rings is 1. The van der Waals surface area contributed by atoms with E-state index in [4.69, 9.17) is 0 Å². The molecule has 0 saturated carbocycles. The molecule has 0 amide bonds. The van der Waals surface area contributed by atoms with Crippen molar-refractivity contribution < 1.29 is 12.8 Å². The van der Waals surface area contributed by atoms with Crippen LogP contribution in [0.2, 0.25) is 0 Å². The Balaban J connectivity index is 2.37. The summed E-state index contributed by atoms with van der Waals surface area (Å²) in [4.78, 5) is -0.00723. The largest absolute Gasteiger partial charge is 0.383 e. The summed E-state index contributed by atoms with van der Waals surface area (Å²) < 4.78 is 40.8. The molecule has 0 aliphatic carbocycles. The fraction of sp³-hybridized carbons (Fsp3) is 0.308. The summed E-state index contributed by atoms with van der Waals surface area (Å²) in [5.74, 6) is -0.638. The second-order valence-electron chi connectivity index (χ2n) is 4.55. The lowest BCUT2D eigenvalue weighted by atomic mass is 10.2. The van der Waals surface area contributed by atoms with Gasteiger partial charge in [-0.3, -0.25) is 9.82 Å². The molecule has 1 heterocycles. The summed E-state index contributed by atoms with van der Waals surface area (Å²) >= 11 is 0. The zero-order valence-corrected chi connectivity index (χ0v) is 12.6. The van der Waals surface area contributed by atoms with Crippen molar-refractivity contribution in [2.45, 2.75) is 25.2 Å². The molecule has 1 aromatic carbocycles. The van der Waals surface area contributed by atoms with Gasteiger partial charge in [0.25, 0.3) is 10.0 Å². The Morgan fingerprint density at radius 2 is 2.14 bits per heavy atom. The van der Waals surface area contributed by atoms with Crippen LogP contribution in [0.4, 0.5) is 15.8 Å². The molecule has 2 aromatic rings. The number of hydrogen-bond acceptors (Lipinski definition) is 4. The number of H-pyrrole nitrogens is 1. The predicted molar refractivity (Wildman–Crippen MR) is 79.3 cm³/mol. The van der Waals surface area contributed by atoms with Crippen molar-refractivity contribution in [2.24, 2.45) is 0 Å². The van der Waals surface area contributed by atoms with Crippen LogP contribution >= 0.6 is 0 Å². The first-order chi connectivity index (χ1) is 9.95. The third-order valence-corrected chi connectivity index (χ3v) is 4.35. The van der Waals surface area contributed by atoms with Gasteiger partial charge in [0, 0.05) is 6.54 Å². The van der Waals surface area contributed by atoms with Gasteiger partial charge in [-0.25, -0.2) is 12.8 Å². The number of nitrogens with one attached hydrogen (secondary N) is 3. The van der Waals surface area contributed by atoms with E-state index in [-0.39, 0.29) is 10.6 Å². The van der Waals surface area contributed by atoms with E-state index in [0.29, 0.717) is 17.9 Å². The van der Waals surface area contributed by atoms with E-state index < -0.39 is 15.8 Å². The van der Waals surface area contributed by atoms with Crippen molar-refractivity contribution in [3.8, 4) is 0 Å². The third kappa shape index (κ3) is 3.33. The van der Waals surface area contributed by atoms with Gasteiger partial charge in [-0.15, -0.1) is 0 Å². The molecule has 0 aliphatic heterocycles. The standard InChI is InChI=1S/C13H17FN4O2S/c1-3-7-15-11-6-4-5-10(14)13(11)18-21(19,20)12-8-16-17-9(12)2/h4-6,8,15,18H,3,7H2,1-2H3,(H,16,17). The van der Waals surface area contributed by atoms with Gasteiger partial charge < -0.3 is 5.32 Å². The monoisotopic (exact) mass is 312 g/mol. The Morgan fingerprint density at radius 1 is 1.38 bits per heavy atom. The van der Waals surface area contributed by atoms with Gasteiger partial charge in [-0.05, 0) is 25.5 Å². The SMILES string of the molecule is CCCNc1cccc(F)c1NS(=O)(=O)c1cn[nH]c1C. The number of hydrogen-bond donors (Lipinski definition) is 3. The summed E-state index contributed by atoms with van der Waals surface area (Å²) in [6.07, 6.45) is 2.03. The van der Waals surface area contributed by atoms with E-state index in [1.165, 1.54) is 18.3 Å². The average Bonchev–Trinajstić information content (AvgIpc) is 2.86. The highest BCUT2D eigenvalue weighted by Gasteiger charge is 2.21. The van der Waals surface area contributed by atoms with Crippen molar-refractivity contribution in [1.82, 2.24) is 10.2 Å². The smallest absolute Gasteiger partial charge is 0.265 e. The molecule has 2 rings (SSSR count). The fourth-order valence-electron chi connectivity index (χ4n) is 1.83. The van der Waals surface area contributed by atoms with Crippen LogP contribution in [-0.2, 0) is 10.0 Å². The van der Waals surface area contributed by atoms with Gasteiger partial charge >= 0.3 is 0 Å². The maximum atomic E-state index is 14.0. The molecule has 3 N–H and O–H groups in total. The Bertz CT molecular complexity index is 728. The van der Waals surface area contributed by atoms with E-state index in [2.05, 4.69) is 20.2 Å². The molecule has 0 saturated heterocycles. The maximum absolute atomic E-state index is 14.0. The Hall–Kier alpha value is -2.09. The maximum Gasteiger partial charge on any atom is 0.265 e. The number of halogens is 1. The van der Waals surface area contributed by atoms with Crippen LogP contribution in [0, 0.1) is 12.7 Å². The second-order valence-corrected chi connectivity index (χ2v) is 6.20. The number of aromatic nitrogens is 2. The first-order valence-corrected chi connectivity index (χ1v) is 7.99. The topological polar surface area (TPSA) is 86.9 Å². The quantitative estimate of drug-likeness (QED) is 0.765. The number of para-hydroxylation sites is 1. The lowest BCUT2D eigenvalue weighted by Gasteiger charge is -2.14. The zero-order chi connectivity index (χ0) is 15.5. The molecule has 0 radical (unpaired) electrons. The lowest BCUT2D eigenvalue weighted by Crippen LogP contribution is -2.16. The molecule has 0 fully saturated rings. The highest BCUT2D eigenvalue weighted by atomic mass is 32.2. The number of rotatable bonds is 6. The highest BCUT2D eigenvalue weighted by Crippen LogP contribution is 2.28. The van der Waals surface area contributed by atoms with Crippen LogP contribution in [0.15, 0.2) is 29.3 Å². The predicted octanol–water partition coefficient (Wildman–Crippen LogP) is 2.48. The van der Waals surface area contributed by atoms with Crippen molar-refractivity contribution in [3.05, 3.63) is 35.9 Å². The second kappa shape index (κ2) is 6.13. The molecule has 21 heavy (non-hydrogen) atoms. The van der Waals surface area contributed by atoms with E-state index in [1.807, 2.05) is 6.92 Å². The number of aromatic amines is 1. The molecule has 0 atom stereocenters. The normalized spacial score (nSPS) is 11.4. The van der Waals surface area contributed by atoms with Crippen molar-refractivity contribution in [1.29, 1.82) is 0 Å². The van der Waals surface area contributed by atoms with Gasteiger partial charge in [0.15, 0.2) is 0 Å². The highest BCUT2D eigenvalue weighted by molar-refractivity contribution is 7.92. The molecular weight excluding hydrogens is 295 g/mol. The van der Waals surface area contributed by atoms with Gasteiger partial charge in [-0.1, -0.05) is 13.0 Å². The van der Waals surface area contributed by atoms with Crippen LogP contribution < -0.4 is 10.0 Å². The van der Waals surface area contributed by atoms with Crippen molar-refractivity contribution in [3.63, 3.8) is 0 Å². The van der Waals surface area contributed by atoms with Gasteiger partial charge in [0.2, 0.25) is 0 Å². The molecule has 1 aromatic heterocycles. The minimum absolute atomic E-state index is 0.00723. The minimum atomic E-state index is -3.89. The molecule has 6 nitrogen and oxygen atoms in total. The zero-order valence-electron chi connectivity index (χ0n) is 11.8. The third-order valence-electron chi connectivity index (χ3n) is 2.89. The average molecular weight is 312 g/mol. The first kappa shape index (κ1) is 15.3. The van der Waals surface area contributed by atoms with E-state index >= 15 is 0 Å². The summed E-state index contributed by atoms with van der Waals surface area (Å²) in [6.45, 7) is 4.16. The van der Waals surface area contributed by atoms with Crippen LogP contribution in [0.3, 0.4) is 0 Å². The van der Waals surface area contributed by atoms with Gasteiger partial charge in [0.05, 0.1) is 17.6 Å². The summed E-state index contributed by atoms with van der Waals surface area (Å²) in [5, 5.41) is 9.21. The van der Waals surface area contributed by atoms with E-state index in [0.717, 1.165) is 6.42 Å². The van der Waals surface area contributed by atoms with Gasteiger partial charge in [0.1, 0.15) is 16.4 Å². The van der Waals surface area contributed by atoms with Crippen LogP contribution in [-0.4, -0.2) is 25.2 Å². The van der Waals surface area contributed by atoms with E-state index in [1.54, 1.807) is 13.0 Å². The Kier molecular flexibility index (Phi) is 4.46.